The number of guanidine groups is 1. The number of rotatable bonds is 6. The van der Waals surface area contributed by atoms with Crippen LogP contribution in [0.15, 0.2) is 40.2 Å². The minimum Gasteiger partial charge on any atom is -0.379 e. The lowest BCUT2D eigenvalue weighted by Gasteiger charge is -2.32. The third-order valence-electron chi connectivity index (χ3n) is 4.99. The van der Waals surface area contributed by atoms with Gasteiger partial charge in [-0.15, -0.1) is 0 Å². The smallest absolute Gasteiger partial charge is 0.240 e. The second kappa shape index (κ2) is 9.50. The van der Waals surface area contributed by atoms with E-state index < -0.39 is 10.0 Å². The SMILES string of the molecule is CN=C(NCCNS(=O)(=O)c1ccccc1)N1CCC(N2CCOCC2)C1. The maximum Gasteiger partial charge on any atom is 0.240 e. The lowest BCUT2D eigenvalue weighted by Crippen LogP contribution is -2.47. The molecule has 0 saturated carbocycles. The predicted octanol–water partition coefficient (Wildman–Crippen LogP) is -0.0532. The highest BCUT2D eigenvalue weighted by Gasteiger charge is 2.30. The third kappa shape index (κ3) is 5.41. The molecule has 1 aromatic rings. The van der Waals surface area contributed by atoms with Crippen molar-refractivity contribution in [3.8, 4) is 0 Å². The average Bonchev–Trinajstić information content (AvgIpc) is 3.19. The molecule has 2 aliphatic rings. The molecule has 150 valence electrons. The maximum absolute atomic E-state index is 12.2. The Labute approximate surface area is 161 Å². The van der Waals surface area contributed by atoms with Gasteiger partial charge in [-0.05, 0) is 18.6 Å². The van der Waals surface area contributed by atoms with E-state index >= 15 is 0 Å². The average molecular weight is 396 g/mol. The van der Waals surface area contributed by atoms with Gasteiger partial charge in [0, 0.05) is 52.4 Å². The second-order valence-electron chi connectivity index (χ2n) is 6.72. The van der Waals surface area contributed by atoms with E-state index in [1.807, 2.05) is 0 Å². The van der Waals surface area contributed by atoms with Crippen LogP contribution in [0.4, 0.5) is 0 Å². The molecule has 2 fully saturated rings. The van der Waals surface area contributed by atoms with E-state index in [9.17, 15) is 8.42 Å². The van der Waals surface area contributed by atoms with Gasteiger partial charge in [0.05, 0.1) is 18.1 Å². The van der Waals surface area contributed by atoms with Gasteiger partial charge in [0.15, 0.2) is 5.96 Å². The van der Waals surface area contributed by atoms with Crippen molar-refractivity contribution in [1.29, 1.82) is 0 Å². The first-order chi connectivity index (χ1) is 13.1. The Balaban J connectivity index is 1.43. The van der Waals surface area contributed by atoms with Crippen LogP contribution in [-0.2, 0) is 14.8 Å². The van der Waals surface area contributed by atoms with Gasteiger partial charge in [-0.1, -0.05) is 18.2 Å². The van der Waals surface area contributed by atoms with Gasteiger partial charge in [0.2, 0.25) is 10.0 Å². The lowest BCUT2D eigenvalue weighted by molar-refractivity contribution is 0.0195. The number of likely N-dealkylation sites (tertiary alicyclic amines) is 1. The van der Waals surface area contributed by atoms with E-state index in [0.717, 1.165) is 51.8 Å². The number of morpholine rings is 1. The molecule has 2 aliphatic heterocycles. The van der Waals surface area contributed by atoms with Gasteiger partial charge in [-0.25, -0.2) is 13.1 Å². The van der Waals surface area contributed by atoms with Gasteiger partial charge < -0.3 is 15.0 Å². The Bertz CT molecular complexity index is 720. The minimum atomic E-state index is -3.47. The second-order valence-corrected chi connectivity index (χ2v) is 8.49. The van der Waals surface area contributed by atoms with E-state index in [2.05, 4.69) is 24.8 Å². The van der Waals surface area contributed by atoms with E-state index in [1.54, 1.807) is 37.4 Å². The van der Waals surface area contributed by atoms with Gasteiger partial charge in [0.1, 0.15) is 0 Å². The lowest BCUT2D eigenvalue weighted by atomic mass is 10.2. The standard InChI is InChI=1S/C18H29N5O3S/c1-19-18(23-10-7-16(15-23)22-11-13-26-14-12-22)20-8-9-21-27(24,25)17-5-3-2-4-6-17/h2-6,16,21H,7-15H2,1H3,(H,19,20). The van der Waals surface area contributed by atoms with Crippen molar-refractivity contribution in [2.45, 2.75) is 17.4 Å². The quantitative estimate of drug-likeness (QED) is 0.399. The summed E-state index contributed by atoms with van der Waals surface area (Å²) in [6.07, 6.45) is 1.11. The van der Waals surface area contributed by atoms with Gasteiger partial charge in [-0.3, -0.25) is 9.89 Å². The van der Waals surface area contributed by atoms with E-state index in [-0.39, 0.29) is 4.90 Å². The van der Waals surface area contributed by atoms with E-state index in [1.165, 1.54) is 0 Å². The number of ether oxygens (including phenoxy) is 1. The Morgan fingerprint density at radius 2 is 1.93 bits per heavy atom. The highest BCUT2D eigenvalue weighted by Crippen LogP contribution is 2.17. The molecule has 0 aliphatic carbocycles. The summed E-state index contributed by atoms with van der Waals surface area (Å²) in [7, 11) is -1.71. The number of aliphatic imine (C=N–C) groups is 1. The molecule has 0 spiro atoms. The highest BCUT2D eigenvalue weighted by molar-refractivity contribution is 7.89. The van der Waals surface area contributed by atoms with Gasteiger partial charge in [-0.2, -0.15) is 0 Å². The zero-order valence-electron chi connectivity index (χ0n) is 15.8. The van der Waals surface area contributed by atoms with Crippen LogP contribution >= 0.6 is 0 Å². The zero-order valence-corrected chi connectivity index (χ0v) is 16.6. The summed E-state index contributed by atoms with van der Waals surface area (Å²) in [5.74, 6) is 0.824. The fraction of sp³-hybridized carbons (Fsp3) is 0.611. The molecule has 8 nitrogen and oxygen atoms in total. The molecular formula is C18H29N5O3S. The molecule has 27 heavy (non-hydrogen) atoms. The summed E-state index contributed by atoms with van der Waals surface area (Å²) >= 11 is 0. The van der Waals surface area contributed by atoms with Crippen molar-refractivity contribution in [3.05, 3.63) is 30.3 Å². The summed E-state index contributed by atoms with van der Waals surface area (Å²) in [5, 5.41) is 3.26. The van der Waals surface area contributed by atoms with Crippen LogP contribution in [0.3, 0.4) is 0 Å². The number of nitrogens with one attached hydrogen (secondary N) is 2. The molecule has 0 radical (unpaired) electrons. The number of hydrogen-bond acceptors (Lipinski definition) is 5. The maximum atomic E-state index is 12.2. The molecule has 2 saturated heterocycles. The third-order valence-corrected chi connectivity index (χ3v) is 6.47. The first-order valence-corrected chi connectivity index (χ1v) is 10.9. The van der Waals surface area contributed by atoms with Crippen LogP contribution in [0.1, 0.15) is 6.42 Å². The fourth-order valence-corrected chi connectivity index (χ4v) is 4.60. The molecule has 1 atom stereocenters. The fourth-order valence-electron chi connectivity index (χ4n) is 3.55. The monoisotopic (exact) mass is 395 g/mol. The van der Waals surface area contributed by atoms with E-state index in [4.69, 9.17) is 4.74 Å². The summed E-state index contributed by atoms with van der Waals surface area (Å²) in [6, 6.07) is 8.93. The normalized spacial score (nSPS) is 22.2. The summed E-state index contributed by atoms with van der Waals surface area (Å²) in [5.41, 5.74) is 0. The molecule has 0 amide bonds. The Morgan fingerprint density at radius 3 is 2.63 bits per heavy atom. The first kappa shape index (κ1) is 20.1. The molecule has 0 bridgehead atoms. The van der Waals surface area contributed by atoms with Crippen molar-refractivity contribution >= 4 is 16.0 Å². The summed E-state index contributed by atoms with van der Waals surface area (Å²) in [6.45, 7) is 6.29. The molecule has 3 rings (SSSR count). The van der Waals surface area contributed by atoms with Crippen molar-refractivity contribution in [2.24, 2.45) is 4.99 Å². The van der Waals surface area contributed by atoms with Crippen LogP contribution < -0.4 is 10.0 Å². The molecule has 1 aromatic carbocycles. The van der Waals surface area contributed by atoms with Crippen molar-refractivity contribution < 1.29 is 13.2 Å². The Hall–Kier alpha value is -1.68. The highest BCUT2D eigenvalue weighted by atomic mass is 32.2. The number of benzene rings is 1. The molecular weight excluding hydrogens is 366 g/mol. The van der Waals surface area contributed by atoms with Crippen LogP contribution in [0.5, 0.6) is 0 Å². The topological polar surface area (TPSA) is 86.3 Å². The minimum absolute atomic E-state index is 0.280. The van der Waals surface area contributed by atoms with Crippen LogP contribution in [0.25, 0.3) is 0 Å². The largest absolute Gasteiger partial charge is 0.379 e. The molecule has 2 N–H and O–H groups in total. The van der Waals surface area contributed by atoms with Gasteiger partial charge >= 0.3 is 0 Å². The van der Waals surface area contributed by atoms with Crippen LogP contribution in [0, 0.1) is 0 Å². The molecule has 0 aromatic heterocycles. The first-order valence-electron chi connectivity index (χ1n) is 9.42. The molecule has 9 heteroatoms. The number of nitrogens with zero attached hydrogens (tertiary/aromatic N) is 3. The Kier molecular flexibility index (Phi) is 7.06. The Morgan fingerprint density at radius 1 is 1.19 bits per heavy atom. The van der Waals surface area contributed by atoms with Crippen molar-refractivity contribution in [2.75, 3.05) is 59.5 Å². The predicted molar refractivity (Wildman–Crippen MR) is 105 cm³/mol. The van der Waals surface area contributed by atoms with Crippen molar-refractivity contribution in [3.63, 3.8) is 0 Å². The number of sulfonamides is 1. The van der Waals surface area contributed by atoms with Gasteiger partial charge in [0.25, 0.3) is 0 Å². The van der Waals surface area contributed by atoms with Crippen LogP contribution in [0.2, 0.25) is 0 Å². The number of hydrogen-bond donors (Lipinski definition) is 2. The molecule has 2 heterocycles. The summed E-state index contributed by atoms with van der Waals surface area (Å²) in [4.78, 5) is 9.37. The summed E-state index contributed by atoms with van der Waals surface area (Å²) < 4.78 is 32.5. The van der Waals surface area contributed by atoms with Crippen molar-refractivity contribution in [1.82, 2.24) is 19.8 Å². The molecule has 1 unspecified atom stereocenters. The van der Waals surface area contributed by atoms with E-state index in [0.29, 0.717) is 19.1 Å². The zero-order chi connectivity index (χ0) is 19.1. The van der Waals surface area contributed by atoms with Crippen LogP contribution in [-0.4, -0.2) is 89.7 Å².